The number of nitrogen functional groups attached to an aromatic ring is 1. The van der Waals surface area contributed by atoms with E-state index >= 15 is 0 Å². The summed E-state index contributed by atoms with van der Waals surface area (Å²) in [6, 6.07) is 1.87. The fourth-order valence-corrected chi connectivity index (χ4v) is 1.73. The molecule has 4 heteroatoms. The molecule has 1 rings (SSSR count). The topological polar surface area (TPSA) is 53.1 Å². The third kappa shape index (κ3) is 3.55. The Kier molecular flexibility index (Phi) is 3.39. The van der Waals surface area contributed by atoms with E-state index in [0.29, 0.717) is 12.4 Å². The molecular weight excluding hydrogens is 190 g/mol. The van der Waals surface area contributed by atoms with Gasteiger partial charge in [-0.05, 0) is 34.6 Å². The maximum absolute atomic E-state index is 5.80. The molecule has 0 fully saturated rings. The molecule has 1 heterocycles. The first-order valence-corrected chi connectivity index (χ1v) is 5.28. The third-order valence-corrected chi connectivity index (χ3v) is 2.09. The molecule has 0 aliphatic heterocycles. The van der Waals surface area contributed by atoms with Crippen molar-refractivity contribution in [3.05, 3.63) is 11.8 Å². The monoisotopic (exact) mass is 211 g/mol. The number of nitrogens with two attached hydrogens (primary N) is 1. The van der Waals surface area contributed by atoms with Gasteiger partial charge in [0.05, 0.1) is 18.2 Å². The van der Waals surface area contributed by atoms with Gasteiger partial charge in [0.2, 0.25) is 0 Å². The summed E-state index contributed by atoms with van der Waals surface area (Å²) in [7, 11) is 0. The zero-order valence-corrected chi connectivity index (χ0v) is 10.2. The van der Waals surface area contributed by atoms with Gasteiger partial charge in [-0.25, -0.2) is 0 Å². The van der Waals surface area contributed by atoms with Gasteiger partial charge in [-0.15, -0.1) is 0 Å². The number of hydrogen-bond acceptors (Lipinski definition) is 3. The molecule has 0 atom stereocenters. The van der Waals surface area contributed by atoms with Gasteiger partial charge in [-0.2, -0.15) is 5.10 Å². The van der Waals surface area contributed by atoms with E-state index in [9.17, 15) is 0 Å². The number of anilines is 1. The van der Waals surface area contributed by atoms with Gasteiger partial charge in [-0.1, -0.05) is 0 Å². The van der Waals surface area contributed by atoms with Crippen molar-refractivity contribution >= 4 is 5.82 Å². The Morgan fingerprint density at radius 1 is 1.53 bits per heavy atom. The Morgan fingerprint density at radius 3 is 2.53 bits per heavy atom. The van der Waals surface area contributed by atoms with Crippen molar-refractivity contribution in [2.45, 2.75) is 52.9 Å². The molecule has 0 radical (unpaired) electrons. The van der Waals surface area contributed by atoms with Crippen molar-refractivity contribution in [3.63, 3.8) is 0 Å². The second-order valence-electron chi connectivity index (χ2n) is 4.79. The highest BCUT2D eigenvalue weighted by molar-refractivity contribution is 5.28. The Balaban J connectivity index is 2.72. The summed E-state index contributed by atoms with van der Waals surface area (Å²) in [4.78, 5) is 0. The van der Waals surface area contributed by atoms with Gasteiger partial charge in [-0.3, -0.25) is 4.68 Å². The van der Waals surface area contributed by atoms with Crippen LogP contribution in [0.4, 0.5) is 5.82 Å². The lowest BCUT2D eigenvalue weighted by atomic mass is 10.1. The number of ether oxygens (including phenoxy) is 1. The Labute approximate surface area is 91.4 Å². The lowest BCUT2D eigenvalue weighted by Crippen LogP contribution is -2.34. The zero-order valence-electron chi connectivity index (χ0n) is 10.2. The fourth-order valence-electron chi connectivity index (χ4n) is 1.73. The molecule has 2 N–H and O–H groups in total. The van der Waals surface area contributed by atoms with Gasteiger partial charge >= 0.3 is 0 Å². The van der Waals surface area contributed by atoms with Crippen LogP contribution in [0.5, 0.6) is 0 Å². The third-order valence-electron chi connectivity index (χ3n) is 2.09. The van der Waals surface area contributed by atoms with Crippen LogP contribution in [0.25, 0.3) is 0 Å². The molecule has 15 heavy (non-hydrogen) atoms. The van der Waals surface area contributed by atoms with E-state index in [1.54, 1.807) is 0 Å². The lowest BCUT2D eigenvalue weighted by Gasteiger charge is -2.28. The van der Waals surface area contributed by atoms with E-state index < -0.39 is 0 Å². The average Bonchev–Trinajstić information content (AvgIpc) is 2.25. The molecule has 0 aliphatic rings. The van der Waals surface area contributed by atoms with E-state index in [1.165, 1.54) is 0 Å². The molecule has 0 aromatic carbocycles. The summed E-state index contributed by atoms with van der Waals surface area (Å²) in [5.41, 5.74) is 6.46. The molecule has 1 aromatic rings. The summed E-state index contributed by atoms with van der Waals surface area (Å²) in [6.45, 7) is 10.9. The second-order valence-corrected chi connectivity index (χ2v) is 4.79. The normalized spacial score (nSPS) is 12.4. The smallest absolute Gasteiger partial charge is 0.145 e. The van der Waals surface area contributed by atoms with Crippen molar-refractivity contribution in [1.29, 1.82) is 0 Å². The first kappa shape index (κ1) is 12.0. The summed E-state index contributed by atoms with van der Waals surface area (Å²) < 4.78 is 7.69. The minimum Gasteiger partial charge on any atom is -0.382 e. The van der Waals surface area contributed by atoms with Crippen molar-refractivity contribution in [2.24, 2.45) is 0 Å². The predicted octanol–water partition coefficient (Wildman–Crippen LogP) is 1.98. The SMILES string of the molecule is Cc1cc(N)nn1CC(C)(C)OC(C)C. The van der Waals surface area contributed by atoms with E-state index in [1.807, 2.05) is 31.5 Å². The minimum atomic E-state index is -0.225. The van der Waals surface area contributed by atoms with Crippen molar-refractivity contribution < 1.29 is 4.74 Å². The molecule has 0 bridgehead atoms. The van der Waals surface area contributed by atoms with Crippen LogP contribution in [0.3, 0.4) is 0 Å². The summed E-state index contributed by atoms with van der Waals surface area (Å²) >= 11 is 0. The van der Waals surface area contributed by atoms with Crippen LogP contribution in [-0.4, -0.2) is 21.5 Å². The van der Waals surface area contributed by atoms with Crippen LogP contribution >= 0.6 is 0 Å². The molecule has 0 saturated carbocycles. The molecular formula is C11H21N3O. The van der Waals surface area contributed by atoms with Crippen molar-refractivity contribution in [3.8, 4) is 0 Å². The number of rotatable bonds is 4. The predicted molar refractivity (Wildman–Crippen MR) is 61.7 cm³/mol. The van der Waals surface area contributed by atoms with E-state index in [2.05, 4.69) is 18.9 Å². The first-order valence-electron chi connectivity index (χ1n) is 5.28. The number of hydrogen-bond donors (Lipinski definition) is 1. The van der Waals surface area contributed by atoms with Gasteiger partial charge in [0.25, 0.3) is 0 Å². The summed E-state index contributed by atoms with van der Waals surface area (Å²) in [6.07, 6.45) is 0.216. The number of nitrogens with zero attached hydrogens (tertiary/aromatic N) is 2. The maximum atomic E-state index is 5.80. The molecule has 4 nitrogen and oxygen atoms in total. The second kappa shape index (κ2) is 4.23. The molecule has 0 unspecified atom stereocenters. The number of aryl methyl sites for hydroxylation is 1. The van der Waals surface area contributed by atoms with E-state index in [4.69, 9.17) is 10.5 Å². The number of aromatic nitrogens is 2. The first-order chi connectivity index (χ1) is 6.80. The highest BCUT2D eigenvalue weighted by Gasteiger charge is 2.22. The van der Waals surface area contributed by atoms with Crippen LogP contribution in [-0.2, 0) is 11.3 Å². The highest BCUT2D eigenvalue weighted by Crippen LogP contribution is 2.16. The molecule has 0 saturated heterocycles. The van der Waals surface area contributed by atoms with E-state index in [-0.39, 0.29) is 11.7 Å². The van der Waals surface area contributed by atoms with Crippen molar-refractivity contribution in [1.82, 2.24) is 9.78 Å². The van der Waals surface area contributed by atoms with E-state index in [0.717, 1.165) is 5.69 Å². The molecule has 0 amide bonds. The van der Waals surface area contributed by atoms with Crippen molar-refractivity contribution in [2.75, 3.05) is 5.73 Å². The average molecular weight is 211 g/mol. The molecule has 86 valence electrons. The molecule has 0 spiro atoms. The maximum Gasteiger partial charge on any atom is 0.145 e. The fraction of sp³-hybridized carbons (Fsp3) is 0.727. The van der Waals surface area contributed by atoms with Crippen LogP contribution in [0.1, 0.15) is 33.4 Å². The quantitative estimate of drug-likeness (QED) is 0.828. The Morgan fingerprint density at radius 2 is 2.13 bits per heavy atom. The summed E-state index contributed by atoms with van der Waals surface area (Å²) in [5.74, 6) is 0.563. The van der Waals surface area contributed by atoms with Gasteiger partial charge in [0.1, 0.15) is 5.82 Å². The molecule has 1 aromatic heterocycles. The van der Waals surface area contributed by atoms with Crippen LogP contribution in [0, 0.1) is 6.92 Å². The van der Waals surface area contributed by atoms with Crippen LogP contribution < -0.4 is 5.73 Å². The standard InChI is InChI=1S/C11H21N3O/c1-8(2)15-11(4,5)7-14-9(3)6-10(12)13-14/h6,8H,7H2,1-5H3,(H2,12,13). The van der Waals surface area contributed by atoms with Gasteiger partial charge < -0.3 is 10.5 Å². The largest absolute Gasteiger partial charge is 0.382 e. The minimum absolute atomic E-state index is 0.216. The van der Waals surface area contributed by atoms with Crippen LogP contribution in [0.15, 0.2) is 6.07 Å². The van der Waals surface area contributed by atoms with Gasteiger partial charge in [0, 0.05) is 11.8 Å². The summed E-state index contributed by atoms with van der Waals surface area (Å²) in [5, 5.41) is 4.22. The lowest BCUT2D eigenvalue weighted by molar-refractivity contribution is -0.0673. The highest BCUT2D eigenvalue weighted by atomic mass is 16.5. The Bertz CT molecular complexity index is 329. The molecule has 0 aliphatic carbocycles. The Hall–Kier alpha value is -1.03. The van der Waals surface area contributed by atoms with Crippen LogP contribution in [0.2, 0.25) is 0 Å². The zero-order chi connectivity index (χ0) is 11.6. The van der Waals surface area contributed by atoms with Gasteiger partial charge in [0.15, 0.2) is 0 Å².